The van der Waals surface area contributed by atoms with Gasteiger partial charge in [-0.25, -0.2) is 9.79 Å². The molecular formula is C30H26N4O4. The van der Waals surface area contributed by atoms with E-state index in [2.05, 4.69) is 15.0 Å². The van der Waals surface area contributed by atoms with Crippen LogP contribution in [0.25, 0.3) is 27.8 Å². The van der Waals surface area contributed by atoms with Crippen molar-refractivity contribution in [1.82, 2.24) is 14.5 Å². The van der Waals surface area contributed by atoms with Gasteiger partial charge in [-0.3, -0.25) is 9.36 Å². The normalized spacial score (nSPS) is 15.6. The number of ether oxygens (including phenoxy) is 2. The van der Waals surface area contributed by atoms with E-state index in [4.69, 9.17) is 9.47 Å². The number of nitrogens with zero attached hydrogens (tertiary/aromatic N) is 2. The van der Waals surface area contributed by atoms with Crippen molar-refractivity contribution in [2.24, 2.45) is 4.99 Å². The van der Waals surface area contributed by atoms with E-state index in [1.165, 1.54) is 4.57 Å². The number of esters is 1. The Bertz CT molecular complexity index is 1940. The smallest absolute Gasteiger partial charge is 0.338 e. The number of aromatic amines is 2. The Morgan fingerprint density at radius 3 is 2.63 bits per heavy atom. The third-order valence-corrected chi connectivity index (χ3v) is 6.96. The van der Waals surface area contributed by atoms with E-state index in [1.54, 1.807) is 27.0 Å². The number of hydrogen-bond acceptors (Lipinski definition) is 5. The molecule has 0 bridgehead atoms. The van der Waals surface area contributed by atoms with E-state index in [0.29, 0.717) is 33.6 Å². The average molecular weight is 507 g/mol. The molecule has 5 aromatic rings. The van der Waals surface area contributed by atoms with Gasteiger partial charge in [-0.05, 0) is 42.8 Å². The van der Waals surface area contributed by atoms with Crippen LogP contribution in [-0.2, 0) is 9.53 Å². The SMILES string of the molecule is CCOC(=O)C1=C(C)N=c2[nH]/c(=C\c3c[nH]c4ccccc34)c(=O)n2C1c1c(OC)ccc2ccccc12. The monoisotopic (exact) mass is 506 g/mol. The van der Waals surface area contributed by atoms with Crippen molar-refractivity contribution in [3.63, 3.8) is 0 Å². The van der Waals surface area contributed by atoms with Crippen LogP contribution in [-0.4, -0.2) is 34.2 Å². The largest absolute Gasteiger partial charge is 0.496 e. The first-order valence-corrected chi connectivity index (χ1v) is 12.4. The Labute approximate surface area is 217 Å². The van der Waals surface area contributed by atoms with Gasteiger partial charge in [0.1, 0.15) is 17.1 Å². The first-order chi connectivity index (χ1) is 18.5. The lowest BCUT2D eigenvalue weighted by atomic mass is 9.90. The molecule has 0 spiro atoms. The number of aromatic nitrogens is 3. The molecule has 190 valence electrons. The first kappa shape index (κ1) is 23.5. The zero-order valence-electron chi connectivity index (χ0n) is 21.2. The topological polar surface area (TPSA) is 101 Å². The lowest BCUT2D eigenvalue weighted by Crippen LogP contribution is -2.40. The maximum atomic E-state index is 14.0. The van der Waals surface area contributed by atoms with Gasteiger partial charge in [-0.1, -0.05) is 48.5 Å². The maximum Gasteiger partial charge on any atom is 0.338 e. The van der Waals surface area contributed by atoms with Crippen LogP contribution in [0.2, 0.25) is 0 Å². The molecule has 1 aliphatic rings. The second-order valence-electron chi connectivity index (χ2n) is 9.11. The second-order valence-corrected chi connectivity index (χ2v) is 9.11. The van der Waals surface area contributed by atoms with Crippen LogP contribution in [0.15, 0.2) is 87.9 Å². The summed E-state index contributed by atoms with van der Waals surface area (Å²) in [6.45, 7) is 3.71. The van der Waals surface area contributed by atoms with Gasteiger partial charge in [0.05, 0.1) is 25.0 Å². The van der Waals surface area contributed by atoms with Crippen LogP contribution >= 0.6 is 0 Å². The summed E-state index contributed by atoms with van der Waals surface area (Å²) in [4.78, 5) is 38.5. The second kappa shape index (κ2) is 9.23. The molecule has 0 saturated carbocycles. The summed E-state index contributed by atoms with van der Waals surface area (Å²) < 4.78 is 12.8. The minimum atomic E-state index is -0.809. The Hall–Kier alpha value is -4.85. The lowest BCUT2D eigenvalue weighted by Gasteiger charge is -2.27. The fraction of sp³-hybridized carbons (Fsp3) is 0.167. The van der Waals surface area contributed by atoms with Crippen molar-refractivity contribution in [2.75, 3.05) is 13.7 Å². The number of carbonyl (C=O) groups is 1. The number of fused-ring (bicyclic) bond motifs is 3. The van der Waals surface area contributed by atoms with Crippen molar-refractivity contribution in [1.29, 1.82) is 0 Å². The first-order valence-electron chi connectivity index (χ1n) is 12.4. The number of nitrogens with one attached hydrogen (secondary N) is 2. The molecule has 2 aromatic heterocycles. The third kappa shape index (κ3) is 3.64. The van der Waals surface area contributed by atoms with Gasteiger partial charge in [0.15, 0.2) is 0 Å². The van der Waals surface area contributed by atoms with E-state index < -0.39 is 12.0 Å². The van der Waals surface area contributed by atoms with Crippen molar-refractivity contribution in [3.05, 3.63) is 111 Å². The molecule has 38 heavy (non-hydrogen) atoms. The molecule has 1 atom stereocenters. The number of carbonyl (C=O) groups excluding carboxylic acids is 1. The number of hydrogen-bond donors (Lipinski definition) is 2. The molecule has 0 amide bonds. The summed E-state index contributed by atoms with van der Waals surface area (Å²) in [6, 6.07) is 18.7. The van der Waals surface area contributed by atoms with Gasteiger partial charge in [-0.15, -0.1) is 0 Å². The minimum absolute atomic E-state index is 0.198. The molecule has 0 fully saturated rings. The fourth-order valence-electron chi connectivity index (χ4n) is 5.27. The molecule has 8 heteroatoms. The van der Waals surface area contributed by atoms with Gasteiger partial charge >= 0.3 is 5.97 Å². The number of H-pyrrole nitrogens is 2. The van der Waals surface area contributed by atoms with Gasteiger partial charge in [0.25, 0.3) is 5.56 Å². The summed E-state index contributed by atoms with van der Waals surface area (Å²) >= 11 is 0. The Morgan fingerprint density at radius 1 is 1.08 bits per heavy atom. The van der Waals surface area contributed by atoms with Crippen LogP contribution < -0.4 is 21.3 Å². The standard InChI is InChI=1S/C30H26N4O4/c1-4-38-29(36)25-17(2)32-30-33-23(15-19-16-31-22-12-8-7-10-20(19)22)28(35)34(30)27(25)26-21-11-6-5-9-18(21)13-14-24(26)37-3/h5-16,27,31H,4H2,1-3H3,(H,32,33)/b23-15-. The van der Waals surface area contributed by atoms with Crippen LogP contribution in [0, 0.1) is 0 Å². The molecule has 8 nitrogen and oxygen atoms in total. The van der Waals surface area contributed by atoms with Crippen LogP contribution in [0.5, 0.6) is 5.75 Å². The number of allylic oxidation sites excluding steroid dienone is 1. The van der Waals surface area contributed by atoms with Crippen molar-refractivity contribution >= 4 is 33.7 Å². The predicted molar refractivity (Wildman–Crippen MR) is 146 cm³/mol. The summed E-state index contributed by atoms with van der Waals surface area (Å²) in [5, 5.41) is 3.18. The molecule has 0 aliphatic carbocycles. The average Bonchev–Trinajstić information content (AvgIpc) is 3.47. The number of methoxy groups -OCH3 is 1. The molecule has 1 unspecified atom stereocenters. The van der Waals surface area contributed by atoms with Crippen molar-refractivity contribution < 1.29 is 14.3 Å². The Kier molecular flexibility index (Phi) is 5.72. The van der Waals surface area contributed by atoms with E-state index in [-0.39, 0.29) is 12.2 Å². The number of rotatable bonds is 5. The molecule has 3 heterocycles. The molecule has 0 saturated heterocycles. The summed E-state index contributed by atoms with van der Waals surface area (Å²) in [7, 11) is 1.58. The van der Waals surface area contributed by atoms with Crippen LogP contribution in [0.3, 0.4) is 0 Å². The highest BCUT2D eigenvalue weighted by Gasteiger charge is 2.36. The summed E-state index contributed by atoms with van der Waals surface area (Å²) in [5.74, 6) is 0.0426. The zero-order valence-corrected chi connectivity index (χ0v) is 21.2. The van der Waals surface area contributed by atoms with Crippen molar-refractivity contribution in [2.45, 2.75) is 19.9 Å². The summed E-state index contributed by atoms with van der Waals surface area (Å²) in [6.07, 6.45) is 3.67. The quantitative estimate of drug-likeness (QED) is 0.355. The van der Waals surface area contributed by atoms with Crippen molar-refractivity contribution in [3.8, 4) is 5.75 Å². The van der Waals surface area contributed by atoms with E-state index >= 15 is 0 Å². The molecule has 6 rings (SSSR count). The van der Waals surface area contributed by atoms with Gasteiger partial charge < -0.3 is 19.4 Å². The van der Waals surface area contributed by atoms with E-state index in [9.17, 15) is 9.59 Å². The van der Waals surface area contributed by atoms with Crippen LogP contribution in [0.4, 0.5) is 0 Å². The van der Waals surface area contributed by atoms with E-state index in [0.717, 1.165) is 27.2 Å². The Balaban J connectivity index is 1.67. The fourth-order valence-corrected chi connectivity index (χ4v) is 5.27. The van der Waals surface area contributed by atoms with E-state index in [1.807, 2.05) is 66.9 Å². The number of para-hydroxylation sites is 1. The van der Waals surface area contributed by atoms with Gasteiger partial charge in [0.2, 0.25) is 5.62 Å². The number of benzene rings is 3. The maximum absolute atomic E-state index is 14.0. The predicted octanol–water partition coefficient (Wildman–Crippen LogP) is 3.71. The molecule has 3 aromatic carbocycles. The lowest BCUT2D eigenvalue weighted by molar-refractivity contribution is -0.139. The highest BCUT2D eigenvalue weighted by atomic mass is 16.5. The third-order valence-electron chi connectivity index (χ3n) is 6.96. The molecular weight excluding hydrogens is 480 g/mol. The van der Waals surface area contributed by atoms with Gasteiger partial charge in [-0.2, -0.15) is 0 Å². The molecule has 0 radical (unpaired) electrons. The Morgan fingerprint density at radius 2 is 1.84 bits per heavy atom. The highest BCUT2D eigenvalue weighted by Crippen LogP contribution is 2.40. The minimum Gasteiger partial charge on any atom is -0.496 e. The van der Waals surface area contributed by atoms with Gasteiger partial charge in [0, 0.05) is 28.2 Å². The number of imidazole rings is 1. The van der Waals surface area contributed by atoms with Crippen LogP contribution in [0.1, 0.15) is 31.0 Å². The molecule has 2 N–H and O–H groups in total. The highest BCUT2D eigenvalue weighted by molar-refractivity contribution is 5.95. The zero-order chi connectivity index (χ0) is 26.4. The molecule has 1 aliphatic heterocycles. The summed E-state index contributed by atoms with van der Waals surface area (Å²) in [5.41, 5.74) is 3.36.